The monoisotopic (exact) mass is 215 g/mol. The van der Waals surface area contributed by atoms with Crippen molar-refractivity contribution in [2.45, 2.75) is 13.5 Å². The fourth-order valence-corrected chi connectivity index (χ4v) is 1.38. The molecule has 0 spiro atoms. The third-order valence-electron chi connectivity index (χ3n) is 2.20. The normalized spacial score (nSPS) is 10.1. The molecule has 2 rings (SSSR count). The lowest BCUT2D eigenvalue weighted by atomic mass is 10.3. The van der Waals surface area contributed by atoms with Crippen molar-refractivity contribution in [3.8, 4) is 0 Å². The number of rotatable bonds is 3. The highest BCUT2D eigenvalue weighted by Gasteiger charge is 2.04. The molecule has 2 aromatic rings. The molecule has 0 aliphatic heterocycles. The highest BCUT2D eigenvalue weighted by atomic mass is 15.2. The Labute approximate surface area is 94.2 Å². The molecule has 0 atom stereocenters. The van der Waals surface area contributed by atoms with Crippen molar-refractivity contribution in [2.75, 3.05) is 11.9 Å². The molecule has 2 heterocycles. The van der Waals surface area contributed by atoms with Crippen LogP contribution >= 0.6 is 0 Å². The van der Waals surface area contributed by atoms with Gasteiger partial charge in [0.2, 0.25) is 0 Å². The molecule has 5 heteroatoms. The number of aromatic nitrogens is 4. The van der Waals surface area contributed by atoms with Crippen molar-refractivity contribution < 1.29 is 0 Å². The fourth-order valence-electron chi connectivity index (χ4n) is 1.38. The maximum atomic E-state index is 4.22. The maximum Gasteiger partial charge on any atom is 0.132 e. The Morgan fingerprint density at radius 1 is 1.19 bits per heavy atom. The van der Waals surface area contributed by atoms with Crippen LogP contribution in [0.1, 0.15) is 11.4 Å². The molecule has 0 aromatic carbocycles. The van der Waals surface area contributed by atoms with Gasteiger partial charge in [-0.1, -0.05) is 0 Å². The van der Waals surface area contributed by atoms with Crippen molar-refractivity contribution in [1.29, 1.82) is 0 Å². The van der Waals surface area contributed by atoms with Gasteiger partial charge in [-0.05, 0) is 6.92 Å². The van der Waals surface area contributed by atoms with Crippen LogP contribution in [-0.2, 0) is 6.54 Å². The topological polar surface area (TPSA) is 54.8 Å². The summed E-state index contributed by atoms with van der Waals surface area (Å²) >= 11 is 0. The van der Waals surface area contributed by atoms with Gasteiger partial charge in [-0.25, -0.2) is 9.97 Å². The average Bonchev–Trinajstić information content (AvgIpc) is 2.30. The number of nitrogens with zero attached hydrogens (tertiary/aromatic N) is 5. The summed E-state index contributed by atoms with van der Waals surface area (Å²) in [6.45, 7) is 2.63. The van der Waals surface area contributed by atoms with Crippen molar-refractivity contribution in [3.63, 3.8) is 0 Å². The van der Waals surface area contributed by atoms with E-state index in [2.05, 4.69) is 19.9 Å². The van der Waals surface area contributed by atoms with Gasteiger partial charge in [-0.2, -0.15) is 0 Å². The van der Waals surface area contributed by atoms with Crippen molar-refractivity contribution in [1.82, 2.24) is 19.9 Å². The summed E-state index contributed by atoms with van der Waals surface area (Å²) in [7, 11) is 1.97. The zero-order chi connectivity index (χ0) is 11.4. The quantitative estimate of drug-likeness (QED) is 0.770. The predicted molar refractivity (Wildman–Crippen MR) is 60.9 cm³/mol. The van der Waals surface area contributed by atoms with Crippen LogP contribution in [0.4, 0.5) is 5.82 Å². The molecular weight excluding hydrogens is 202 g/mol. The van der Waals surface area contributed by atoms with Crippen LogP contribution in [0.2, 0.25) is 0 Å². The largest absolute Gasteiger partial charge is 0.354 e. The van der Waals surface area contributed by atoms with Gasteiger partial charge in [-0.15, -0.1) is 0 Å². The lowest BCUT2D eigenvalue weighted by molar-refractivity contribution is 0.849. The van der Waals surface area contributed by atoms with Gasteiger partial charge in [0.1, 0.15) is 12.1 Å². The summed E-state index contributed by atoms with van der Waals surface area (Å²) < 4.78 is 0. The fraction of sp³-hybridized carbons (Fsp3) is 0.273. The summed E-state index contributed by atoms with van der Waals surface area (Å²) in [6, 6.07) is 1.94. The van der Waals surface area contributed by atoms with Gasteiger partial charge in [0.15, 0.2) is 0 Å². The van der Waals surface area contributed by atoms with Crippen molar-refractivity contribution in [3.05, 3.63) is 42.4 Å². The minimum absolute atomic E-state index is 0.685. The van der Waals surface area contributed by atoms with Gasteiger partial charge in [0.25, 0.3) is 0 Å². The lowest BCUT2D eigenvalue weighted by Crippen LogP contribution is -2.18. The molecule has 16 heavy (non-hydrogen) atoms. The van der Waals surface area contributed by atoms with Crippen LogP contribution in [0, 0.1) is 6.92 Å². The third kappa shape index (κ3) is 2.50. The van der Waals surface area contributed by atoms with E-state index in [9.17, 15) is 0 Å². The summed E-state index contributed by atoms with van der Waals surface area (Å²) in [5.41, 5.74) is 1.87. The SMILES string of the molecule is Cc1cc(N(C)Cc2cnccn2)ncn1. The minimum atomic E-state index is 0.685. The van der Waals surface area contributed by atoms with E-state index in [4.69, 9.17) is 0 Å². The molecule has 0 fully saturated rings. The lowest BCUT2D eigenvalue weighted by Gasteiger charge is -2.17. The third-order valence-corrected chi connectivity index (χ3v) is 2.20. The number of anilines is 1. The second-order valence-corrected chi connectivity index (χ2v) is 3.57. The smallest absolute Gasteiger partial charge is 0.132 e. The van der Waals surface area contributed by atoms with Gasteiger partial charge >= 0.3 is 0 Å². The molecule has 0 saturated carbocycles. The summed E-state index contributed by atoms with van der Waals surface area (Å²) in [5.74, 6) is 0.887. The Kier molecular flexibility index (Phi) is 3.05. The maximum absolute atomic E-state index is 4.22. The molecule has 0 aliphatic rings. The van der Waals surface area contributed by atoms with Crippen LogP contribution < -0.4 is 4.90 Å². The van der Waals surface area contributed by atoms with Gasteiger partial charge in [-0.3, -0.25) is 9.97 Å². The first kappa shape index (κ1) is 10.5. The van der Waals surface area contributed by atoms with E-state index < -0.39 is 0 Å². The molecule has 0 radical (unpaired) electrons. The van der Waals surface area contributed by atoms with Gasteiger partial charge in [0, 0.05) is 31.2 Å². The molecule has 82 valence electrons. The highest BCUT2D eigenvalue weighted by Crippen LogP contribution is 2.10. The van der Waals surface area contributed by atoms with Gasteiger partial charge in [0.05, 0.1) is 18.4 Å². The van der Waals surface area contributed by atoms with Crippen LogP contribution in [0.5, 0.6) is 0 Å². The minimum Gasteiger partial charge on any atom is -0.354 e. The Bertz CT molecular complexity index is 457. The average molecular weight is 215 g/mol. The first-order chi connectivity index (χ1) is 7.75. The predicted octanol–water partition coefficient (Wildman–Crippen LogP) is 1.21. The summed E-state index contributed by atoms with van der Waals surface area (Å²) in [4.78, 5) is 18.5. The van der Waals surface area contributed by atoms with E-state index in [1.807, 2.05) is 24.9 Å². The first-order valence-corrected chi connectivity index (χ1v) is 5.00. The molecule has 2 aromatic heterocycles. The number of hydrogen-bond acceptors (Lipinski definition) is 5. The molecular formula is C11H13N5. The first-order valence-electron chi connectivity index (χ1n) is 5.00. The van der Waals surface area contributed by atoms with Crippen LogP contribution in [0.15, 0.2) is 31.0 Å². The molecule has 0 N–H and O–H groups in total. The standard InChI is InChI=1S/C11H13N5/c1-9-5-11(15-8-14-9)16(2)7-10-6-12-3-4-13-10/h3-6,8H,7H2,1-2H3. The van der Waals surface area contributed by atoms with Crippen molar-refractivity contribution >= 4 is 5.82 Å². The zero-order valence-electron chi connectivity index (χ0n) is 9.33. The summed E-state index contributed by atoms with van der Waals surface area (Å²) in [6.07, 6.45) is 6.68. The van der Waals surface area contributed by atoms with E-state index in [1.165, 1.54) is 0 Å². The molecule has 0 aliphatic carbocycles. The molecule has 0 saturated heterocycles. The second-order valence-electron chi connectivity index (χ2n) is 3.57. The molecule has 5 nitrogen and oxygen atoms in total. The summed E-state index contributed by atoms with van der Waals surface area (Å²) in [5, 5.41) is 0. The van der Waals surface area contributed by atoms with E-state index in [0.29, 0.717) is 6.54 Å². The van der Waals surface area contributed by atoms with Crippen molar-refractivity contribution in [2.24, 2.45) is 0 Å². The van der Waals surface area contributed by atoms with E-state index in [0.717, 1.165) is 17.2 Å². The van der Waals surface area contributed by atoms with E-state index in [-0.39, 0.29) is 0 Å². The Morgan fingerprint density at radius 3 is 2.75 bits per heavy atom. The van der Waals surface area contributed by atoms with Crippen LogP contribution in [0.25, 0.3) is 0 Å². The molecule has 0 bridgehead atoms. The Hall–Kier alpha value is -2.04. The van der Waals surface area contributed by atoms with Gasteiger partial charge < -0.3 is 4.90 Å². The molecule has 0 unspecified atom stereocenters. The highest BCUT2D eigenvalue weighted by molar-refractivity contribution is 5.37. The van der Waals surface area contributed by atoms with Crippen LogP contribution in [0.3, 0.4) is 0 Å². The zero-order valence-corrected chi connectivity index (χ0v) is 9.33. The second kappa shape index (κ2) is 4.65. The van der Waals surface area contributed by atoms with Crippen LogP contribution in [-0.4, -0.2) is 27.0 Å². The van der Waals surface area contributed by atoms with E-state index >= 15 is 0 Å². The number of aryl methyl sites for hydroxylation is 1. The Balaban J connectivity index is 2.12. The number of hydrogen-bond donors (Lipinski definition) is 0. The van der Waals surface area contributed by atoms with E-state index in [1.54, 1.807) is 24.9 Å². The Morgan fingerprint density at radius 2 is 2.06 bits per heavy atom. The molecule has 0 amide bonds.